The van der Waals surface area contributed by atoms with Crippen molar-refractivity contribution >= 4 is 11.8 Å². The van der Waals surface area contributed by atoms with Crippen LogP contribution in [0.4, 0.5) is 5.82 Å². The zero-order valence-corrected chi connectivity index (χ0v) is 15.5. The number of anilines is 1. The Morgan fingerprint density at radius 3 is 2.72 bits per heavy atom. The molecule has 0 unspecified atom stereocenters. The molecule has 1 saturated heterocycles. The van der Waals surface area contributed by atoms with E-state index in [0.717, 1.165) is 64.1 Å². The second kappa shape index (κ2) is 11.7. The highest BCUT2D eigenvalue weighted by Crippen LogP contribution is 2.12. The highest BCUT2D eigenvalue weighted by Gasteiger charge is 2.20. The van der Waals surface area contributed by atoms with Crippen LogP contribution in [0.15, 0.2) is 29.4 Å². The maximum Gasteiger partial charge on any atom is 0.194 e. The van der Waals surface area contributed by atoms with Crippen LogP contribution in [0, 0.1) is 0 Å². The number of aromatic nitrogens is 1. The van der Waals surface area contributed by atoms with Crippen LogP contribution in [0.25, 0.3) is 0 Å². The molecule has 1 aromatic rings. The Balaban J connectivity index is 1.75. The molecule has 1 fully saturated rings. The number of methoxy groups -OCH3 is 1. The Hall–Kier alpha value is -1.86. The molecule has 1 N–H and O–H groups in total. The molecule has 0 bridgehead atoms. The zero-order chi connectivity index (χ0) is 17.7. The monoisotopic (exact) mass is 349 g/mol. The van der Waals surface area contributed by atoms with Gasteiger partial charge in [-0.2, -0.15) is 0 Å². The van der Waals surface area contributed by atoms with Gasteiger partial charge in [-0.3, -0.25) is 4.99 Å². The van der Waals surface area contributed by atoms with E-state index in [1.54, 1.807) is 7.11 Å². The summed E-state index contributed by atoms with van der Waals surface area (Å²) in [6, 6.07) is 6.06. The molecular weight excluding hydrogens is 318 g/mol. The van der Waals surface area contributed by atoms with Gasteiger partial charge in [0.05, 0.1) is 13.2 Å². The average Bonchev–Trinajstić information content (AvgIpc) is 2.67. The molecule has 2 rings (SSSR count). The SMILES string of the molecule is CCNC(=NCCCOCCOC)N1CCN(c2ccccn2)CC1. The first-order valence-corrected chi connectivity index (χ1v) is 9.11. The topological polar surface area (TPSA) is 62.2 Å². The molecule has 0 aromatic carbocycles. The minimum atomic E-state index is 0.645. The molecule has 2 heterocycles. The third-order valence-electron chi connectivity index (χ3n) is 4.03. The minimum absolute atomic E-state index is 0.645. The Morgan fingerprint density at radius 1 is 1.20 bits per heavy atom. The number of nitrogens with zero attached hydrogens (tertiary/aromatic N) is 4. The molecule has 25 heavy (non-hydrogen) atoms. The number of ether oxygens (including phenoxy) is 2. The van der Waals surface area contributed by atoms with Crippen LogP contribution in [0.5, 0.6) is 0 Å². The molecule has 7 nitrogen and oxygen atoms in total. The van der Waals surface area contributed by atoms with Gasteiger partial charge in [-0.15, -0.1) is 0 Å². The molecule has 1 aromatic heterocycles. The van der Waals surface area contributed by atoms with Gasteiger partial charge in [0.15, 0.2) is 5.96 Å². The third-order valence-corrected chi connectivity index (χ3v) is 4.03. The summed E-state index contributed by atoms with van der Waals surface area (Å²) >= 11 is 0. The number of hydrogen-bond donors (Lipinski definition) is 1. The second-order valence-electron chi connectivity index (χ2n) is 5.86. The molecule has 1 aliphatic heterocycles. The van der Waals surface area contributed by atoms with Crippen LogP contribution in [0.2, 0.25) is 0 Å². The van der Waals surface area contributed by atoms with E-state index < -0.39 is 0 Å². The van der Waals surface area contributed by atoms with E-state index in [2.05, 4.69) is 33.1 Å². The number of rotatable bonds is 9. The number of guanidine groups is 1. The summed E-state index contributed by atoms with van der Waals surface area (Å²) in [6.07, 6.45) is 2.77. The summed E-state index contributed by atoms with van der Waals surface area (Å²) in [4.78, 5) is 13.8. The lowest BCUT2D eigenvalue weighted by atomic mass is 10.3. The molecular formula is C18H31N5O2. The van der Waals surface area contributed by atoms with Gasteiger partial charge >= 0.3 is 0 Å². The van der Waals surface area contributed by atoms with Crippen molar-refractivity contribution in [1.82, 2.24) is 15.2 Å². The van der Waals surface area contributed by atoms with Crippen LogP contribution in [-0.4, -0.2) is 82.0 Å². The van der Waals surface area contributed by atoms with Gasteiger partial charge in [0, 0.05) is 59.2 Å². The van der Waals surface area contributed by atoms with Gasteiger partial charge in [-0.05, 0) is 25.5 Å². The number of hydrogen-bond acceptors (Lipinski definition) is 5. The molecule has 0 spiro atoms. The predicted molar refractivity (Wildman–Crippen MR) is 101 cm³/mol. The summed E-state index contributed by atoms with van der Waals surface area (Å²) in [7, 11) is 1.68. The summed E-state index contributed by atoms with van der Waals surface area (Å²) in [5, 5.41) is 3.40. The molecule has 0 aliphatic carbocycles. The first-order valence-electron chi connectivity index (χ1n) is 9.11. The van der Waals surface area contributed by atoms with Crippen LogP contribution in [-0.2, 0) is 9.47 Å². The fourth-order valence-corrected chi connectivity index (χ4v) is 2.71. The van der Waals surface area contributed by atoms with Crippen molar-refractivity contribution in [3.63, 3.8) is 0 Å². The van der Waals surface area contributed by atoms with Crippen molar-refractivity contribution in [3.05, 3.63) is 24.4 Å². The van der Waals surface area contributed by atoms with Crippen molar-refractivity contribution < 1.29 is 9.47 Å². The highest BCUT2D eigenvalue weighted by molar-refractivity contribution is 5.80. The summed E-state index contributed by atoms with van der Waals surface area (Å²) < 4.78 is 10.4. The van der Waals surface area contributed by atoms with E-state index >= 15 is 0 Å². The van der Waals surface area contributed by atoms with Crippen LogP contribution >= 0.6 is 0 Å². The van der Waals surface area contributed by atoms with Gasteiger partial charge < -0.3 is 24.6 Å². The van der Waals surface area contributed by atoms with Crippen molar-refractivity contribution in [1.29, 1.82) is 0 Å². The van der Waals surface area contributed by atoms with Crippen LogP contribution < -0.4 is 10.2 Å². The quantitative estimate of drug-likeness (QED) is 0.411. The fraction of sp³-hybridized carbons (Fsp3) is 0.667. The smallest absolute Gasteiger partial charge is 0.194 e. The van der Waals surface area contributed by atoms with E-state index in [1.807, 2.05) is 18.3 Å². The average molecular weight is 349 g/mol. The molecule has 0 saturated carbocycles. The van der Waals surface area contributed by atoms with Gasteiger partial charge in [-0.25, -0.2) is 4.98 Å². The molecule has 0 radical (unpaired) electrons. The maximum absolute atomic E-state index is 5.48. The Kier molecular flexibility index (Phi) is 9.07. The summed E-state index contributed by atoms with van der Waals surface area (Å²) in [5.74, 6) is 2.05. The molecule has 1 aliphatic rings. The molecule has 0 amide bonds. The molecule has 0 atom stereocenters. The van der Waals surface area contributed by atoms with Gasteiger partial charge in [0.1, 0.15) is 5.82 Å². The van der Waals surface area contributed by atoms with Crippen molar-refractivity contribution in [2.75, 3.05) is 71.1 Å². The number of piperazine rings is 1. The Bertz CT molecular complexity index is 489. The normalized spacial score (nSPS) is 15.5. The zero-order valence-electron chi connectivity index (χ0n) is 15.5. The van der Waals surface area contributed by atoms with Gasteiger partial charge in [0.2, 0.25) is 0 Å². The van der Waals surface area contributed by atoms with Gasteiger partial charge in [-0.1, -0.05) is 6.07 Å². The first-order chi connectivity index (χ1) is 12.3. The number of aliphatic imine (C=N–C) groups is 1. The van der Waals surface area contributed by atoms with Crippen molar-refractivity contribution in [2.24, 2.45) is 4.99 Å². The van der Waals surface area contributed by atoms with Crippen molar-refractivity contribution in [3.8, 4) is 0 Å². The third kappa shape index (κ3) is 6.88. The highest BCUT2D eigenvalue weighted by atomic mass is 16.5. The predicted octanol–water partition coefficient (Wildman–Crippen LogP) is 1.22. The van der Waals surface area contributed by atoms with E-state index in [4.69, 9.17) is 14.5 Å². The van der Waals surface area contributed by atoms with Crippen molar-refractivity contribution in [2.45, 2.75) is 13.3 Å². The number of pyridine rings is 1. The fourth-order valence-electron chi connectivity index (χ4n) is 2.71. The van der Waals surface area contributed by atoms with E-state index in [9.17, 15) is 0 Å². The summed E-state index contributed by atoms with van der Waals surface area (Å²) in [5.41, 5.74) is 0. The summed E-state index contributed by atoms with van der Waals surface area (Å²) in [6.45, 7) is 9.59. The van der Waals surface area contributed by atoms with E-state index in [-0.39, 0.29) is 0 Å². The minimum Gasteiger partial charge on any atom is -0.382 e. The van der Waals surface area contributed by atoms with Crippen LogP contribution in [0.3, 0.4) is 0 Å². The lowest BCUT2D eigenvalue weighted by molar-refractivity contribution is 0.0702. The van der Waals surface area contributed by atoms with E-state index in [0.29, 0.717) is 13.2 Å². The molecule has 7 heteroatoms. The van der Waals surface area contributed by atoms with E-state index in [1.165, 1.54) is 0 Å². The Labute approximate surface area is 151 Å². The second-order valence-corrected chi connectivity index (χ2v) is 5.86. The maximum atomic E-state index is 5.48. The molecule has 140 valence electrons. The Morgan fingerprint density at radius 2 is 2.04 bits per heavy atom. The lowest BCUT2D eigenvalue weighted by Gasteiger charge is -2.37. The van der Waals surface area contributed by atoms with Gasteiger partial charge in [0.25, 0.3) is 0 Å². The number of nitrogens with one attached hydrogen (secondary N) is 1. The largest absolute Gasteiger partial charge is 0.382 e. The van der Waals surface area contributed by atoms with Crippen LogP contribution in [0.1, 0.15) is 13.3 Å². The first kappa shape index (κ1) is 19.5. The lowest BCUT2D eigenvalue weighted by Crippen LogP contribution is -2.52. The standard InChI is InChI=1S/C18H31N5O2/c1-3-19-18(21-9-6-14-25-16-15-24-2)23-12-10-22(11-13-23)17-7-4-5-8-20-17/h4-5,7-8H,3,6,9-16H2,1-2H3,(H,19,21).